The average Bonchev–Trinajstić information content (AvgIpc) is 2.46. The van der Waals surface area contributed by atoms with Gasteiger partial charge in [0.15, 0.2) is 11.6 Å². The number of halogens is 1. The van der Waals surface area contributed by atoms with E-state index in [0.29, 0.717) is 11.1 Å². The van der Waals surface area contributed by atoms with Crippen LogP contribution in [0.25, 0.3) is 0 Å². The maximum atomic E-state index is 13.6. The summed E-state index contributed by atoms with van der Waals surface area (Å²) in [6.07, 6.45) is 0. The summed E-state index contributed by atoms with van der Waals surface area (Å²) in [5.41, 5.74) is 0.860. The molecule has 0 fully saturated rings. The van der Waals surface area contributed by atoms with Crippen molar-refractivity contribution in [1.82, 2.24) is 0 Å². The molecular formula is C14H9FN2O3. The van der Waals surface area contributed by atoms with Crippen molar-refractivity contribution >= 4 is 5.69 Å². The van der Waals surface area contributed by atoms with Crippen molar-refractivity contribution in [3.05, 3.63) is 69.5 Å². The molecule has 0 N–H and O–H groups in total. The Morgan fingerprint density at radius 1 is 1.30 bits per heavy atom. The molecule has 0 spiro atoms. The lowest BCUT2D eigenvalue weighted by Crippen LogP contribution is -1.98. The lowest BCUT2D eigenvalue weighted by molar-refractivity contribution is -0.385. The van der Waals surface area contributed by atoms with Gasteiger partial charge in [0, 0.05) is 6.07 Å². The minimum Gasteiger partial charge on any atom is -0.486 e. The molecule has 0 bridgehead atoms. The van der Waals surface area contributed by atoms with Crippen LogP contribution in [-0.4, -0.2) is 4.92 Å². The van der Waals surface area contributed by atoms with Gasteiger partial charge in [0.05, 0.1) is 22.6 Å². The fraction of sp³-hybridized carbons (Fsp3) is 0.0714. The molecule has 0 aliphatic heterocycles. The maximum Gasteiger partial charge on any atom is 0.272 e. The van der Waals surface area contributed by atoms with E-state index in [1.807, 2.05) is 6.07 Å². The number of hydrogen-bond acceptors (Lipinski definition) is 4. The number of nitrogens with zero attached hydrogens (tertiary/aromatic N) is 2. The zero-order valence-electron chi connectivity index (χ0n) is 10.2. The molecule has 0 saturated heterocycles. The molecule has 0 aliphatic rings. The van der Waals surface area contributed by atoms with Crippen molar-refractivity contribution in [3.63, 3.8) is 0 Å². The molecule has 0 amide bonds. The Balaban J connectivity index is 2.11. The first kappa shape index (κ1) is 13.5. The highest BCUT2D eigenvalue weighted by molar-refractivity contribution is 5.38. The predicted molar refractivity (Wildman–Crippen MR) is 68.5 cm³/mol. The molecule has 0 aliphatic carbocycles. The third-order valence-electron chi connectivity index (χ3n) is 2.58. The van der Waals surface area contributed by atoms with E-state index in [4.69, 9.17) is 10.00 Å². The van der Waals surface area contributed by atoms with Crippen LogP contribution >= 0.6 is 0 Å². The summed E-state index contributed by atoms with van der Waals surface area (Å²) in [4.78, 5) is 9.80. The first-order chi connectivity index (χ1) is 9.60. The second-order valence-corrected chi connectivity index (χ2v) is 3.97. The minimum atomic E-state index is -0.796. The number of nitriles is 1. The first-order valence-electron chi connectivity index (χ1n) is 5.66. The van der Waals surface area contributed by atoms with Crippen LogP contribution in [0, 0.1) is 27.3 Å². The molecule has 20 heavy (non-hydrogen) atoms. The van der Waals surface area contributed by atoms with E-state index in [2.05, 4.69) is 0 Å². The fourth-order valence-corrected chi connectivity index (χ4v) is 1.61. The van der Waals surface area contributed by atoms with E-state index < -0.39 is 10.7 Å². The monoisotopic (exact) mass is 272 g/mol. The van der Waals surface area contributed by atoms with Gasteiger partial charge in [-0.25, -0.2) is 4.39 Å². The number of ether oxygens (including phenoxy) is 1. The van der Waals surface area contributed by atoms with Crippen LogP contribution in [-0.2, 0) is 6.61 Å². The van der Waals surface area contributed by atoms with Crippen molar-refractivity contribution in [2.45, 2.75) is 6.61 Å². The van der Waals surface area contributed by atoms with E-state index in [-0.39, 0.29) is 18.0 Å². The van der Waals surface area contributed by atoms with Gasteiger partial charge in [-0.05, 0) is 23.8 Å². The van der Waals surface area contributed by atoms with Crippen LogP contribution in [0.3, 0.4) is 0 Å². The van der Waals surface area contributed by atoms with Crippen LogP contribution in [0.5, 0.6) is 5.75 Å². The van der Waals surface area contributed by atoms with Crippen LogP contribution in [0.2, 0.25) is 0 Å². The van der Waals surface area contributed by atoms with Crippen molar-refractivity contribution in [1.29, 1.82) is 5.26 Å². The average molecular weight is 272 g/mol. The maximum absolute atomic E-state index is 13.6. The number of nitro benzene ring substituents is 1. The lowest BCUT2D eigenvalue weighted by atomic mass is 10.1. The smallest absolute Gasteiger partial charge is 0.272 e. The van der Waals surface area contributed by atoms with Crippen molar-refractivity contribution in [2.24, 2.45) is 0 Å². The number of nitro groups is 1. The van der Waals surface area contributed by atoms with Crippen LogP contribution in [0.4, 0.5) is 10.1 Å². The summed E-state index contributed by atoms with van der Waals surface area (Å²) in [5, 5.41) is 19.2. The Kier molecular flexibility index (Phi) is 3.91. The van der Waals surface area contributed by atoms with Gasteiger partial charge in [0.2, 0.25) is 0 Å². The summed E-state index contributed by atoms with van der Waals surface area (Å²) in [6, 6.07) is 11.9. The molecular weight excluding hydrogens is 263 g/mol. The highest BCUT2D eigenvalue weighted by Crippen LogP contribution is 2.23. The summed E-state index contributed by atoms with van der Waals surface area (Å²) in [6.45, 7) is 0.0737. The Hall–Kier alpha value is -2.94. The Bertz CT molecular complexity index is 695. The zero-order chi connectivity index (χ0) is 14.5. The molecule has 2 aromatic carbocycles. The predicted octanol–water partition coefficient (Wildman–Crippen LogP) is 3.18. The van der Waals surface area contributed by atoms with Crippen LogP contribution in [0.15, 0.2) is 42.5 Å². The van der Waals surface area contributed by atoms with Crippen LogP contribution in [0.1, 0.15) is 11.1 Å². The Morgan fingerprint density at radius 2 is 2.10 bits per heavy atom. The number of hydrogen-bond donors (Lipinski definition) is 0. The van der Waals surface area contributed by atoms with Gasteiger partial charge in [0.25, 0.3) is 5.69 Å². The van der Waals surface area contributed by atoms with E-state index >= 15 is 0 Å². The quantitative estimate of drug-likeness (QED) is 0.632. The molecule has 6 heteroatoms. The topological polar surface area (TPSA) is 76.2 Å². The molecule has 0 atom stereocenters. The normalized spacial score (nSPS) is 9.80. The summed E-state index contributed by atoms with van der Waals surface area (Å²) in [5.74, 6) is -0.867. The van der Waals surface area contributed by atoms with E-state index in [0.717, 1.165) is 6.07 Å². The minimum absolute atomic E-state index is 0.0713. The molecule has 0 radical (unpaired) electrons. The standard InChI is InChI=1S/C14H9FN2O3/c15-13-7-12(17(18)19)4-5-14(13)20-9-11-3-1-2-10(6-11)8-16/h1-7H,9H2. The zero-order valence-corrected chi connectivity index (χ0v) is 10.2. The van der Waals surface area contributed by atoms with Gasteiger partial charge in [-0.2, -0.15) is 5.26 Å². The molecule has 100 valence electrons. The van der Waals surface area contributed by atoms with E-state index in [1.165, 1.54) is 12.1 Å². The third-order valence-corrected chi connectivity index (χ3v) is 2.58. The van der Waals surface area contributed by atoms with Gasteiger partial charge < -0.3 is 4.74 Å². The van der Waals surface area contributed by atoms with E-state index in [9.17, 15) is 14.5 Å². The Morgan fingerprint density at radius 3 is 2.75 bits per heavy atom. The second kappa shape index (κ2) is 5.80. The molecule has 0 heterocycles. The highest BCUT2D eigenvalue weighted by atomic mass is 19.1. The molecule has 2 rings (SSSR count). The molecule has 0 saturated carbocycles. The molecule has 0 unspecified atom stereocenters. The van der Waals surface area contributed by atoms with Gasteiger partial charge in [-0.1, -0.05) is 12.1 Å². The van der Waals surface area contributed by atoms with Gasteiger partial charge >= 0.3 is 0 Å². The summed E-state index contributed by atoms with van der Waals surface area (Å²) in [7, 11) is 0. The largest absolute Gasteiger partial charge is 0.486 e. The molecule has 0 aromatic heterocycles. The molecule has 2 aromatic rings. The van der Waals surface area contributed by atoms with Crippen molar-refractivity contribution in [2.75, 3.05) is 0 Å². The van der Waals surface area contributed by atoms with Gasteiger partial charge in [0.1, 0.15) is 6.61 Å². The van der Waals surface area contributed by atoms with E-state index in [1.54, 1.807) is 24.3 Å². The number of non-ortho nitro benzene ring substituents is 1. The second-order valence-electron chi connectivity index (χ2n) is 3.97. The third kappa shape index (κ3) is 3.09. The number of benzene rings is 2. The SMILES string of the molecule is N#Cc1cccc(COc2ccc([N+](=O)[O-])cc2F)c1. The van der Waals surface area contributed by atoms with Crippen LogP contribution < -0.4 is 4.74 Å². The summed E-state index contributed by atoms with van der Waals surface area (Å²) >= 11 is 0. The van der Waals surface area contributed by atoms with Crippen molar-refractivity contribution in [3.8, 4) is 11.8 Å². The van der Waals surface area contributed by atoms with Gasteiger partial charge in [-0.3, -0.25) is 10.1 Å². The molecule has 5 nitrogen and oxygen atoms in total. The summed E-state index contributed by atoms with van der Waals surface area (Å²) < 4.78 is 18.8. The van der Waals surface area contributed by atoms with Crippen molar-refractivity contribution < 1.29 is 14.1 Å². The highest BCUT2D eigenvalue weighted by Gasteiger charge is 2.11. The fourth-order valence-electron chi connectivity index (χ4n) is 1.61. The van der Waals surface area contributed by atoms with Gasteiger partial charge in [-0.15, -0.1) is 0 Å². The first-order valence-corrected chi connectivity index (χ1v) is 5.66. The Labute approximate surface area is 114 Å². The lowest BCUT2D eigenvalue weighted by Gasteiger charge is -2.07. The number of rotatable bonds is 4.